The third kappa shape index (κ3) is 2.90. The molecule has 0 unspecified atom stereocenters. The van der Waals surface area contributed by atoms with Crippen molar-refractivity contribution >= 4 is 12.0 Å². The number of carbonyl (C=O) groups is 1. The third-order valence-corrected chi connectivity index (χ3v) is 9.84. The number of piperidine rings is 1. The van der Waals surface area contributed by atoms with Crippen LogP contribution in [0.1, 0.15) is 49.3 Å². The minimum absolute atomic E-state index is 0.0192. The molecule has 0 radical (unpaired) electrons. The van der Waals surface area contributed by atoms with E-state index in [-0.39, 0.29) is 29.7 Å². The fourth-order valence-corrected chi connectivity index (χ4v) is 8.12. The summed E-state index contributed by atoms with van der Waals surface area (Å²) in [6.07, 6.45) is 10.8. The van der Waals surface area contributed by atoms with Crippen LogP contribution in [0, 0.1) is 11.8 Å². The summed E-state index contributed by atoms with van der Waals surface area (Å²) >= 11 is 0. The van der Waals surface area contributed by atoms with Crippen molar-refractivity contribution in [3.63, 3.8) is 0 Å². The summed E-state index contributed by atoms with van der Waals surface area (Å²) in [6, 6.07) is 5.34. The second kappa shape index (κ2) is 7.62. The highest BCUT2D eigenvalue weighted by Crippen LogP contribution is 2.66. The molecule has 7 heteroatoms. The number of carbonyl (C=O) groups excluding carboxylic acids is 1. The Balaban J connectivity index is 1.30. The summed E-state index contributed by atoms with van der Waals surface area (Å²) in [4.78, 5) is 17.6. The van der Waals surface area contributed by atoms with E-state index in [1.807, 2.05) is 19.2 Å². The molecule has 1 spiro atoms. The maximum absolute atomic E-state index is 13.3. The Labute approximate surface area is 211 Å². The lowest BCUT2D eigenvalue weighted by molar-refractivity contribution is -0.212. The lowest BCUT2D eigenvalue weighted by Crippen LogP contribution is -2.79. The quantitative estimate of drug-likeness (QED) is 0.626. The summed E-state index contributed by atoms with van der Waals surface area (Å²) in [5.74, 6) is 1.29. The molecule has 2 aromatic rings. The molecule has 5 aliphatic rings. The lowest BCUT2D eigenvalue weighted by atomic mass is 9.46. The number of ether oxygens (including phenoxy) is 1. The topological polar surface area (TPSA) is 86.4 Å². The highest BCUT2D eigenvalue weighted by atomic mass is 16.5. The number of hydrogen-bond acceptors (Lipinski definition) is 6. The van der Waals surface area contributed by atoms with Gasteiger partial charge in [0.25, 0.3) is 0 Å². The second-order valence-corrected chi connectivity index (χ2v) is 11.8. The van der Waals surface area contributed by atoms with Crippen molar-refractivity contribution in [3.8, 4) is 11.5 Å². The van der Waals surface area contributed by atoms with Crippen molar-refractivity contribution in [2.75, 3.05) is 20.1 Å². The maximum atomic E-state index is 13.3. The SMILES string of the molecule is C[C@H]1C[C@@]2(O)[C@H]3Cc4ccc(O)c5c4[C@@]2(CCN3CC2CC2)[C@@H](O5)[C@H]1N(C)C(=O)/C=C/c1ccoc1. The molecule has 3 heterocycles. The molecule has 3 aliphatic carbocycles. The molecule has 7 nitrogen and oxygen atoms in total. The first-order valence-corrected chi connectivity index (χ1v) is 13.3. The minimum atomic E-state index is -0.969. The number of phenols is 1. The van der Waals surface area contributed by atoms with E-state index in [1.165, 1.54) is 18.4 Å². The average molecular weight is 491 g/mol. The van der Waals surface area contributed by atoms with Crippen molar-refractivity contribution < 1.29 is 24.2 Å². The molecule has 190 valence electrons. The van der Waals surface area contributed by atoms with Gasteiger partial charge in [0.05, 0.1) is 29.6 Å². The van der Waals surface area contributed by atoms with Crippen LogP contribution in [0.3, 0.4) is 0 Å². The summed E-state index contributed by atoms with van der Waals surface area (Å²) in [6.45, 7) is 4.07. The van der Waals surface area contributed by atoms with Crippen molar-refractivity contribution in [1.29, 1.82) is 0 Å². The largest absolute Gasteiger partial charge is 0.504 e. The number of likely N-dealkylation sites (N-methyl/N-ethyl adjacent to an activating group) is 1. The van der Waals surface area contributed by atoms with Crippen LogP contribution >= 0.6 is 0 Å². The fourth-order valence-electron chi connectivity index (χ4n) is 8.12. The maximum Gasteiger partial charge on any atom is 0.246 e. The molecular weight excluding hydrogens is 456 g/mol. The van der Waals surface area contributed by atoms with E-state index >= 15 is 0 Å². The van der Waals surface area contributed by atoms with Gasteiger partial charge in [-0.3, -0.25) is 9.69 Å². The van der Waals surface area contributed by atoms with Crippen LogP contribution in [-0.2, 0) is 16.6 Å². The normalized spacial score (nSPS) is 36.5. The Bertz CT molecular complexity index is 1240. The Morgan fingerprint density at radius 3 is 2.89 bits per heavy atom. The van der Waals surface area contributed by atoms with Crippen LogP contribution < -0.4 is 4.74 Å². The standard InChI is InChI=1S/C29H34N2O5/c1-17-14-29(34)22-13-20-6-7-21(32)26-24(20)28(29,10-11-31(22)15-18-3-4-18)27(36-26)25(17)30(2)23(33)8-5-19-9-12-35-16-19/h5-9,12,16-18,22,25,27,32,34H,3-4,10-11,13-15H2,1-2H3/b8-5+/t17-,22+,25-,27-,28-,29+/m0/s1. The smallest absolute Gasteiger partial charge is 0.246 e. The molecule has 2 N–H and O–H groups in total. The number of aliphatic hydroxyl groups is 1. The monoisotopic (exact) mass is 490 g/mol. The van der Waals surface area contributed by atoms with Crippen LogP contribution in [0.25, 0.3) is 6.08 Å². The number of likely N-dealkylation sites (tertiary alicyclic amines) is 1. The van der Waals surface area contributed by atoms with Crippen molar-refractivity contribution in [3.05, 3.63) is 53.5 Å². The van der Waals surface area contributed by atoms with Gasteiger partial charge in [0.1, 0.15) is 6.10 Å². The highest BCUT2D eigenvalue weighted by molar-refractivity contribution is 5.92. The van der Waals surface area contributed by atoms with E-state index in [2.05, 4.69) is 11.8 Å². The van der Waals surface area contributed by atoms with Crippen LogP contribution in [0.4, 0.5) is 0 Å². The molecule has 7 rings (SSSR count). The number of benzene rings is 1. The third-order valence-electron chi connectivity index (χ3n) is 9.84. The van der Waals surface area contributed by atoms with Gasteiger partial charge in [0.2, 0.25) is 5.91 Å². The Kier molecular flexibility index (Phi) is 4.75. The zero-order valence-corrected chi connectivity index (χ0v) is 20.9. The van der Waals surface area contributed by atoms with Crippen LogP contribution in [-0.4, -0.2) is 69.8 Å². The van der Waals surface area contributed by atoms with Gasteiger partial charge < -0.3 is 24.3 Å². The average Bonchev–Trinajstić information content (AvgIpc) is 3.36. The van der Waals surface area contributed by atoms with E-state index in [0.717, 1.165) is 43.0 Å². The molecule has 2 aliphatic heterocycles. The molecule has 1 aromatic carbocycles. The molecule has 3 fully saturated rings. The van der Waals surface area contributed by atoms with Crippen LogP contribution in [0.2, 0.25) is 0 Å². The van der Waals surface area contributed by atoms with E-state index in [0.29, 0.717) is 12.2 Å². The molecular formula is C29H34N2O5. The molecule has 6 atom stereocenters. The Hall–Kier alpha value is -2.77. The van der Waals surface area contributed by atoms with Crippen LogP contribution in [0.5, 0.6) is 11.5 Å². The zero-order valence-electron chi connectivity index (χ0n) is 20.9. The number of phenolic OH excluding ortho intramolecular Hbond substituents is 1. The molecule has 1 amide bonds. The predicted octanol–water partition coefficient (Wildman–Crippen LogP) is 3.34. The van der Waals surface area contributed by atoms with Crippen LogP contribution in [0.15, 0.2) is 41.2 Å². The van der Waals surface area contributed by atoms with Crippen molar-refractivity contribution in [2.45, 2.75) is 68.2 Å². The first-order chi connectivity index (χ1) is 17.3. The first kappa shape index (κ1) is 22.4. The number of furan rings is 1. The highest BCUT2D eigenvalue weighted by Gasteiger charge is 2.74. The van der Waals surface area contributed by atoms with Gasteiger partial charge in [-0.15, -0.1) is 0 Å². The van der Waals surface area contributed by atoms with Crippen molar-refractivity contribution in [1.82, 2.24) is 9.80 Å². The number of amides is 1. The van der Waals surface area contributed by atoms with Gasteiger partial charge in [0.15, 0.2) is 11.5 Å². The summed E-state index contributed by atoms with van der Waals surface area (Å²) in [5, 5.41) is 23.6. The fraction of sp³-hybridized carbons (Fsp3) is 0.552. The predicted molar refractivity (Wildman–Crippen MR) is 134 cm³/mol. The molecule has 36 heavy (non-hydrogen) atoms. The molecule has 2 saturated carbocycles. The van der Waals surface area contributed by atoms with E-state index in [9.17, 15) is 15.0 Å². The van der Waals surface area contributed by atoms with Gasteiger partial charge in [-0.1, -0.05) is 13.0 Å². The van der Waals surface area contributed by atoms with Gasteiger partial charge in [0, 0.05) is 36.8 Å². The number of hydrogen-bond donors (Lipinski definition) is 2. The Morgan fingerprint density at radius 2 is 2.14 bits per heavy atom. The Morgan fingerprint density at radius 1 is 1.31 bits per heavy atom. The van der Waals surface area contributed by atoms with Gasteiger partial charge in [-0.25, -0.2) is 0 Å². The summed E-state index contributed by atoms with van der Waals surface area (Å²) in [5.41, 5.74) is 1.38. The zero-order chi connectivity index (χ0) is 24.8. The molecule has 2 bridgehead atoms. The van der Waals surface area contributed by atoms with Gasteiger partial charge in [-0.2, -0.15) is 0 Å². The minimum Gasteiger partial charge on any atom is -0.504 e. The van der Waals surface area contributed by atoms with Gasteiger partial charge >= 0.3 is 0 Å². The van der Waals surface area contributed by atoms with E-state index < -0.39 is 17.1 Å². The number of nitrogens with zero attached hydrogens (tertiary/aromatic N) is 2. The second-order valence-electron chi connectivity index (χ2n) is 11.8. The van der Waals surface area contributed by atoms with E-state index in [1.54, 1.807) is 35.6 Å². The van der Waals surface area contributed by atoms with Crippen molar-refractivity contribution in [2.24, 2.45) is 11.8 Å². The molecule has 1 saturated heterocycles. The summed E-state index contributed by atoms with van der Waals surface area (Å²) in [7, 11) is 1.83. The first-order valence-electron chi connectivity index (χ1n) is 13.3. The lowest BCUT2D eigenvalue weighted by Gasteiger charge is -2.66. The van der Waals surface area contributed by atoms with E-state index in [4.69, 9.17) is 9.15 Å². The number of rotatable bonds is 5. The summed E-state index contributed by atoms with van der Waals surface area (Å²) < 4.78 is 11.8. The number of aromatic hydroxyl groups is 1. The van der Waals surface area contributed by atoms with Gasteiger partial charge in [-0.05, 0) is 74.3 Å². The molecule has 1 aromatic heterocycles.